The Labute approximate surface area is 142 Å². The highest BCUT2D eigenvalue weighted by atomic mass is 32.2. The molecule has 2 aromatic rings. The molecule has 7 heteroatoms. The third-order valence-corrected chi connectivity index (χ3v) is 4.57. The Morgan fingerprint density at radius 2 is 1.58 bits per heavy atom. The molecule has 2 rings (SSSR count). The number of anilines is 1. The molecule has 0 aliphatic heterocycles. The van der Waals surface area contributed by atoms with Crippen LogP contribution in [-0.4, -0.2) is 20.4 Å². The van der Waals surface area contributed by atoms with Gasteiger partial charge in [0.2, 0.25) is 15.9 Å². The Morgan fingerprint density at radius 1 is 1.00 bits per heavy atom. The molecule has 0 aliphatic rings. The van der Waals surface area contributed by atoms with E-state index in [1.54, 1.807) is 6.92 Å². The first-order valence-electron chi connectivity index (χ1n) is 7.52. The van der Waals surface area contributed by atoms with E-state index in [-0.39, 0.29) is 16.8 Å². The third kappa shape index (κ3) is 4.89. The van der Waals surface area contributed by atoms with Crippen LogP contribution in [0.2, 0.25) is 0 Å². The summed E-state index contributed by atoms with van der Waals surface area (Å²) >= 11 is 0. The number of rotatable bonds is 6. The largest absolute Gasteiger partial charge is 0.325 e. The van der Waals surface area contributed by atoms with Crippen LogP contribution in [-0.2, 0) is 14.8 Å². The van der Waals surface area contributed by atoms with Crippen molar-refractivity contribution in [2.45, 2.75) is 30.8 Å². The van der Waals surface area contributed by atoms with Gasteiger partial charge in [-0.3, -0.25) is 10.1 Å². The highest BCUT2D eigenvalue weighted by Crippen LogP contribution is 2.15. The van der Waals surface area contributed by atoms with Crippen LogP contribution in [0.15, 0.2) is 59.5 Å². The zero-order valence-electron chi connectivity index (χ0n) is 13.6. The van der Waals surface area contributed by atoms with Gasteiger partial charge in [0.15, 0.2) is 0 Å². The SMILES string of the molecule is C[C@@H](N[C@H](C)c1ccccc1)C(=O)Nc1ccc(S(N)(=O)=O)cc1. The van der Waals surface area contributed by atoms with E-state index in [9.17, 15) is 13.2 Å². The number of amides is 1. The van der Waals surface area contributed by atoms with Crippen molar-refractivity contribution in [3.8, 4) is 0 Å². The minimum absolute atomic E-state index is 0.00405. The summed E-state index contributed by atoms with van der Waals surface area (Å²) in [7, 11) is -3.74. The number of benzene rings is 2. The molecule has 0 aromatic heterocycles. The zero-order chi connectivity index (χ0) is 17.7. The molecular weight excluding hydrogens is 326 g/mol. The Bertz CT molecular complexity index is 790. The molecule has 0 saturated heterocycles. The summed E-state index contributed by atoms with van der Waals surface area (Å²) in [5.74, 6) is -0.207. The van der Waals surface area contributed by atoms with Gasteiger partial charge in [0, 0.05) is 11.7 Å². The quantitative estimate of drug-likeness (QED) is 0.744. The van der Waals surface area contributed by atoms with Crippen molar-refractivity contribution in [2.24, 2.45) is 5.14 Å². The highest BCUT2D eigenvalue weighted by molar-refractivity contribution is 7.89. The van der Waals surface area contributed by atoms with E-state index in [2.05, 4.69) is 10.6 Å². The molecule has 0 bridgehead atoms. The molecule has 0 radical (unpaired) electrons. The molecule has 24 heavy (non-hydrogen) atoms. The van der Waals surface area contributed by atoms with Gasteiger partial charge in [-0.2, -0.15) is 0 Å². The van der Waals surface area contributed by atoms with Gasteiger partial charge in [-0.1, -0.05) is 30.3 Å². The van der Waals surface area contributed by atoms with E-state index < -0.39 is 16.1 Å². The van der Waals surface area contributed by atoms with Gasteiger partial charge < -0.3 is 5.32 Å². The van der Waals surface area contributed by atoms with Gasteiger partial charge in [0.1, 0.15) is 0 Å². The first-order valence-corrected chi connectivity index (χ1v) is 9.07. The average Bonchev–Trinajstić information content (AvgIpc) is 2.55. The number of nitrogens with one attached hydrogen (secondary N) is 2. The molecule has 0 unspecified atom stereocenters. The van der Waals surface area contributed by atoms with E-state index in [0.29, 0.717) is 5.69 Å². The second-order valence-corrected chi connectivity index (χ2v) is 7.14. The van der Waals surface area contributed by atoms with Crippen LogP contribution in [0.3, 0.4) is 0 Å². The van der Waals surface area contributed by atoms with Crippen LogP contribution >= 0.6 is 0 Å². The summed E-state index contributed by atoms with van der Waals surface area (Å²) < 4.78 is 22.4. The maximum atomic E-state index is 12.2. The summed E-state index contributed by atoms with van der Waals surface area (Å²) in [5.41, 5.74) is 1.60. The van der Waals surface area contributed by atoms with Crippen molar-refractivity contribution < 1.29 is 13.2 Å². The number of sulfonamides is 1. The second kappa shape index (κ2) is 7.57. The fraction of sp³-hybridized carbons (Fsp3) is 0.235. The molecule has 0 heterocycles. The lowest BCUT2D eigenvalue weighted by Crippen LogP contribution is -2.39. The number of primary sulfonamides is 1. The zero-order valence-corrected chi connectivity index (χ0v) is 14.4. The van der Waals surface area contributed by atoms with Crippen LogP contribution in [0.5, 0.6) is 0 Å². The first-order chi connectivity index (χ1) is 11.3. The lowest BCUT2D eigenvalue weighted by atomic mass is 10.1. The topological polar surface area (TPSA) is 101 Å². The van der Waals surface area contributed by atoms with Crippen molar-refractivity contribution in [1.29, 1.82) is 0 Å². The fourth-order valence-corrected chi connectivity index (χ4v) is 2.78. The van der Waals surface area contributed by atoms with Crippen LogP contribution in [0.25, 0.3) is 0 Å². The predicted octanol–water partition coefficient (Wildman–Crippen LogP) is 2.01. The van der Waals surface area contributed by atoms with Gasteiger partial charge in [0.25, 0.3) is 0 Å². The van der Waals surface area contributed by atoms with Crippen molar-refractivity contribution >= 4 is 21.6 Å². The summed E-state index contributed by atoms with van der Waals surface area (Å²) in [5, 5.41) is 11.0. The summed E-state index contributed by atoms with van der Waals surface area (Å²) in [4.78, 5) is 12.2. The van der Waals surface area contributed by atoms with Crippen LogP contribution < -0.4 is 15.8 Å². The summed E-state index contributed by atoms with van der Waals surface area (Å²) in [6.45, 7) is 3.76. The van der Waals surface area contributed by atoms with E-state index in [4.69, 9.17) is 5.14 Å². The monoisotopic (exact) mass is 347 g/mol. The molecule has 2 atom stereocenters. The first kappa shape index (κ1) is 18.1. The number of hydrogen-bond acceptors (Lipinski definition) is 4. The van der Waals surface area contributed by atoms with Gasteiger partial charge in [-0.25, -0.2) is 13.6 Å². The number of nitrogens with two attached hydrogens (primary N) is 1. The van der Waals surface area contributed by atoms with Gasteiger partial charge in [-0.15, -0.1) is 0 Å². The van der Waals surface area contributed by atoms with E-state index in [1.807, 2.05) is 37.3 Å². The van der Waals surface area contributed by atoms with Gasteiger partial charge in [-0.05, 0) is 43.7 Å². The van der Waals surface area contributed by atoms with Crippen LogP contribution in [0, 0.1) is 0 Å². The van der Waals surface area contributed by atoms with Crippen LogP contribution in [0.1, 0.15) is 25.5 Å². The lowest BCUT2D eigenvalue weighted by molar-refractivity contribution is -0.117. The number of hydrogen-bond donors (Lipinski definition) is 3. The molecule has 0 fully saturated rings. The molecule has 6 nitrogen and oxygen atoms in total. The van der Waals surface area contributed by atoms with Crippen molar-refractivity contribution in [2.75, 3.05) is 5.32 Å². The van der Waals surface area contributed by atoms with Crippen molar-refractivity contribution in [1.82, 2.24) is 5.32 Å². The standard InChI is InChI=1S/C17H21N3O3S/c1-12(14-6-4-3-5-7-14)19-13(2)17(21)20-15-8-10-16(11-9-15)24(18,22)23/h3-13,19H,1-2H3,(H,20,21)(H2,18,22,23)/t12-,13-/m1/s1. The second-order valence-electron chi connectivity index (χ2n) is 5.58. The third-order valence-electron chi connectivity index (χ3n) is 3.64. The van der Waals surface area contributed by atoms with E-state index in [1.165, 1.54) is 24.3 Å². The number of carbonyl (C=O) groups excluding carboxylic acids is 1. The smallest absolute Gasteiger partial charge is 0.241 e. The normalized spacial score (nSPS) is 14.0. The maximum absolute atomic E-state index is 12.2. The fourth-order valence-electron chi connectivity index (χ4n) is 2.27. The molecule has 4 N–H and O–H groups in total. The Hall–Kier alpha value is -2.22. The van der Waals surface area contributed by atoms with Gasteiger partial charge >= 0.3 is 0 Å². The number of carbonyl (C=O) groups is 1. The molecule has 0 spiro atoms. The molecule has 0 saturated carbocycles. The molecule has 0 aliphatic carbocycles. The minimum atomic E-state index is -3.74. The molecule has 1 amide bonds. The lowest BCUT2D eigenvalue weighted by Gasteiger charge is -2.20. The van der Waals surface area contributed by atoms with Gasteiger partial charge in [0.05, 0.1) is 10.9 Å². The maximum Gasteiger partial charge on any atom is 0.241 e. The van der Waals surface area contributed by atoms with Crippen LogP contribution in [0.4, 0.5) is 5.69 Å². The van der Waals surface area contributed by atoms with E-state index >= 15 is 0 Å². The minimum Gasteiger partial charge on any atom is -0.325 e. The van der Waals surface area contributed by atoms with Crippen molar-refractivity contribution in [3.63, 3.8) is 0 Å². The Kier molecular flexibility index (Phi) is 5.71. The Morgan fingerprint density at radius 3 is 2.12 bits per heavy atom. The average molecular weight is 347 g/mol. The summed E-state index contributed by atoms with van der Waals surface area (Å²) in [6, 6.07) is 15.2. The van der Waals surface area contributed by atoms with E-state index in [0.717, 1.165) is 5.56 Å². The Balaban J connectivity index is 1.96. The highest BCUT2D eigenvalue weighted by Gasteiger charge is 2.16. The summed E-state index contributed by atoms with van der Waals surface area (Å²) in [6.07, 6.45) is 0. The molecule has 2 aromatic carbocycles. The van der Waals surface area contributed by atoms with Crippen molar-refractivity contribution in [3.05, 3.63) is 60.2 Å². The predicted molar refractivity (Wildman–Crippen MR) is 93.9 cm³/mol. The molecular formula is C17H21N3O3S. The molecule has 128 valence electrons.